The number of amides is 1. The van der Waals surface area contributed by atoms with Gasteiger partial charge in [-0.2, -0.15) is 0 Å². The number of ether oxygens (including phenoxy) is 1. The van der Waals surface area contributed by atoms with Crippen LogP contribution in [0.1, 0.15) is 12.5 Å². The smallest absolute Gasteiger partial charge is 0.248 e. The fourth-order valence-electron chi connectivity index (χ4n) is 2.26. The normalized spacial score (nSPS) is 12.9. The van der Waals surface area contributed by atoms with Gasteiger partial charge in [0, 0.05) is 24.9 Å². The Morgan fingerprint density at radius 1 is 1.15 bits per heavy atom. The monoisotopic (exact) mass is 392 g/mol. The Morgan fingerprint density at radius 3 is 2.37 bits per heavy atom. The molecule has 0 heterocycles. The van der Waals surface area contributed by atoms with Crippen LogP contribution in [0.25, 0.3) is 6.08 Å². The number of anilines is 1. The standard InChI is InChI=1S/C19H21FN2O4S/c1-14(13-26-2)22-27(24,25)18-10-8-17(9-11-18)21-19(23)12-5-15-3-6-16(20)7-4-15/h3-12,14,22H,13H2,1-2H3,(H,21,23)/b12-5+. The lowest BCUT2D eigenvalue weighted by atomic mass is 10.2. The topological polar surface area (TPSA) is 84.5 Å². The van der Waals surface area contributed by atoms with E-state index < -0.39 is 10.0 Å². The average molecular weight is 392 g/mol. The van der Waals surface area contributed by atoms with Gasteiger partial charge in [-0.25, -0.2) is 17.5 Å². The lowest BCUT2D eigenvalue weighted by Crippen LogP contribution is -2.35. The second-order valence-electron chi connectivity index (χ2n) is 5.88. The number of sulfonamides is 1. The number of carbonyl (C=O) groups excluding carboxylic acids is 1. The van der Waals surface area contributed by atoms with Crippen LogP contribution in [-0.4, -0.2) is 34.1 Å². The fraction of sp³-hybridized carbons (Fsp3) is 0.211. The number of nitrogens with one attached hydrogen (secondary N) is 2. The van der Waals surface area contributed by atoms with Crippen LogP contribution >= 0.6 is 0 Å². The van der Waals surface area contributed by atoms with Crippen molar-refractivity contribution in [1.82, 2.24) is 4.72 Å². The molecule has 1 atom stereocenters. The highest BCUT2D eigenvalue weighted by Gasteiger charge is 2.17. The molecule has 2 aromatic carbocycles. The van der Waals surface area contributed by atoms with Crippen molar-refractivity contribution < 1.29 is 22.3 Å². The van der Waals surface area contributed by atoms with Gasteiger partial charge in [-0.3, -0.25) is 4.79 Å². The second-order valence-corrected chi connectivity index (χ2v) is 7.59. The first kappa shape index (κ1) is 20.8. The highest BCUT2D eigenvalue weighted by Crippen LogP contribution is 2.15. The van der Waals surface area contributed by atoms with Crippen molar-refractivity contribution in [1.29, 1.82) is 0 Å². The fourth-order valence-corrected chi connectivity index (χ4v) is 3.49. The zero-order valence-electron chi connectivity index (χ0n) is 15.0. The van der Waals surface area contributed by atoms with Gasteiger partial charge in [0.25, 0.3) is 0 Å². The van der Waals surface area contributed by atoms with E-state index in [1.54, 1.807) is 25.1 Å². The molecule has 0 saturated heterocycles. The lowest BCUT2D eigenvalue weighted by Gasteiger charge is -2.13. The number of halogens is 1. The molecule has 1 unspecified atom stereocenters. The Hall–Kier alpha value is -2.55. The molecule has 2 rings (SSSR count). The summed E-state index contributed by atoms with van der Waals surface area (Å²) in [4.78, 5) is 12.0. The molecule has 0 saturated carbocycles. The van der Waals surface area contributed by atoms with E-state index in [2.05, 4.69) is 10.0 Å². The van der Waals surface area contributed by atoms with Crippen LogP contribution in [0.5, 0.6) is 0 Å². The Morgan fingerprint density at radius 2 is 1.78 bits per heavy atom. The molecule has 0 aliphatic carbocycles. The van der Waals surface area contributed by atoms with Crippen molar-refractivity contribution in [3.8, 4) is 0 Å². The highest BCUT2D eigenvalue weighted by atomic mass is 32.2. The van der Waals surface area contributed by atoms with Crippen molar-refractivity contribution in [2.75, 3.05) is 19.0 Å². The SMILES string of the molecule is COCC(C)NS(=O)(=O)c1ccc(NC(=O)/C=C/c2ccc(F)cc2)cc1. The number of hydrogen-bond donors (Lipinski definition) is 2. The zero-order chi connectivity index (χ0) is 19.9. The maximum atomic E-state index is 12.8. The van der Waals surface area contributed by atoms with Crippen LogP contribution in [0, 0.1) is 5.82 Å². The molecule has 8 heteroatoms. The van der Waals surface area contributed by atoms with E-state index in [0.29, 0.717) is 11.3 Å². The molecule has 0 aliphatic heterocycles. The second kappa shape index (κ2) is 9.40. The van der Waals surface area contributed by atoms with E-state index >= 15 is 0 Å². The molecule has 2 aromatic rings. The van der Waals surface area contributed by atoms with Gasteiger partial charge < -0.3 is 10.1 Å². The van der Waals surface area contributed by atoms with Crippen molar-refractivity contribution >= 4 is 27.7 Å². The lowest BCUT2D eigenvalue weighted by molar-refractivity contribution is -0.111. The minimum absolute atomic E-state index is 0.0882. The maximum Gasteiger partial charge on any atom is 0.248 e. The van der Waals surface area contributed by atoms with Gasteiger partial charge in [0.2, 0.25) is 15.9 Å². The Kier molecular flexibility index (Phi) is 7.23. The Balaban J connectivity index is 1.98. The molecule has 144 valence electrons. The van der Waals surface area contributed by atoms with Gasteiger partial charge in [0.05, 0.1) is 11.5 Å². The van der Waals surface area contributed by atoms with Gasteiger partial charge in [-0.05, 0) is 55.0 Å². The quantitative estimate of drug-likeness (QED) is 0.677. The van der Waals surface area contributed by atoms with Crippen LogP contribution in [0.15, 0.2) is 59.5 Å². The first-order chi connectivity index (χ1) is 12.8. The summed E-state index contributed by atoms with van der Waals surface area (Å²) in [5.74, 6) is -0.737. The third-order valence-electron chi connectivity index (χ3n) is 3.50. The molecule has 1 amide bonds. The molecular formula is C19H21FN2O4S. The van der Waals surface area contributed by atoms with Crippen LogP contribution in [0.3, 0.4) is 0 Å². The molecule has 0 aliphatic rings. The summed E-state index contributed by atoms with van der Waals surface area (Å²) in [5.41, 5.74) is 1.14. The zero-order valence-corrected chi connectivity index (χ0v) is 15.8. The number of benzene rings is 2. The molecule has 0 spiro atoms. The highest BCUT2D eigenvalue weighted by molar-refractivity contribution is 7.89. The maximum absolute atomic E-state index is 12.8. The van der Waals surface area contributed by atoms with Gasteiger partial charge in [-0.15, -0.1) is 0 Å². The van der Waals surface area contributed by atoms with Gasteiger partial charge >= 0.3 is 0 Å². The molecule has 27 heavy (non-hydrogen) atoms. The van der Waals surface area contributed by atoms with Crippen molar-refractivity contribution in [2.24, 2.45) is 0 Å². The number of carbonyl (C=O) groups is 1. The number of methoxy groups -OCH3 is 1. The summed E-state index contributed by atoms with van der Waals surface area (Å²) in [6.07, 6.45) is 2.86. The van der Waals surface area contributed by atoms with Gasteiger partial charge in [0.1, 0.15) is 5.82 Å². The van der Waals surface area contributed by atoms with E-state index in [9.17, 15) is 17.6 Å². The Bertz CT molecular complexity index is 894. The van der Waals surface area contributed by atoms with Crippen molar-refractivity contribution in [2.45, 2.75) is 17.9 Å². The largest absolute Gasteiger partial charge is 0.383 e. The minimum Gasteiger partial charge on any atom is -0.383 e. The van der Waals surface area contributed by atoms with Crippen LogP contribution < -0.4 is 10.0 Å². The summed E-state index contributed by atoms with van der Waals surface area (Å²) in [6.45, 7) is 1.96. The van der Waals surface area contributed by atoms with Crippen LogP contribution in [-0.2, 0) is 19.6 Å². The third kappa shape index (κ3) is 6.59. The van der Waals surface area contributed by atoms with E-state index in [1.807, 2.05) is 0 Å². The number of hydrogen-bond acceptors (Lipinski definition) is 4. The van der Waals surface area contributed by atoms with E-state index in [4.69, 9.17) is 4.74 Å². The summed E-state index contributed by atoms with van der Waals surface area (Å²) < 4.78 is 44.7. The molecule has 0 bridgehead atoms. The van der Waals surface area contributed by atoms with Crippen LogP contribution in [0.2, 0.25) is 0 Å². The summed E-state index contributed by atoms with van der Waals surface area (Å²) in [6, 6.07) is 11.2. The van der Waals surface area contributed by atoms with E-state index in [0.717, 1.165) is 0 Å². The third-order valence-corrected chi connectivity index (χ3v) is 5.11. The molecule has 0 fully saturated rings. The Labute approximate surface area is 158 Å². The molecular weight excluding hydrogens is 371 g/mol. The first-order valence-electron chi connectivity index (χ1n) is 8.16. The summed E-state index contributed by atoms with van der Waals surface area (Å²) in [5, 5.41) is 2.63. The van der Waals surface area contributed by atoms with Crippen molar-refractivity contribution in [3.63, 3.8) is 0 Å². The van der Waals surface area contributed by atoms with Crippen LogP contribution in [0.4, 0.5) is 10.1 Å². The van der Waals surface area contributed by atoms with E-state index in [-0.39, 0.29) is 29.3 Å². The molecule has 2 N–H and O–H groups in total. The predicted molar refractivity (Wildman–Crippen MR) is 102 cm³/mol. The average Bonchev–Trinajstić information content (AvgIpc) is 2.61. The molecule has 6 nitrogen and oxygen atoms in total. The van der Waals surface area contributed by atoms with Gasteiger partial charge in [-0.1, -0.05) is 12.1 Å². The van der Waals surface area contributed by atoms with Crippen molar-refractivity contribution in [3.05, 3.63) is 66.0 Å². The summed E-state index contributed by atoms with van der Waals surface area (Å²) >= 11 is 0. The molecule has 0 radical (unpaired) electrons. The first-order valence-corrected chi connectivity index (χ1v) is 9.64. The minimum atomic E-state index is -3.66. The number of rotatable bonds is 8. The molecule has 0 aromatic heterocycles. The predicted octanol–water partition coefficient (Wildman–Crippen LogP) is 2.79. The van der Waals surface area contributed by atoms with Gasteiger partial charge in [0.15, 0.2) is 0 Å². The summed E-state index contributed by atoms with van der Waals surface area (Å²) in [7, 11) is -2.17. The van der Waals surface area contributed by atoms with E-state index in [1.165, 1.54) is 49.6 Å².